The molecule has 2 nitrogen and oxygen atoms in total. The molecule has 0 fully saturated rings. The molecule has 0 aliphatic heterocycles. The Hall–Kier alpha value is -0.920. The van der Waals surface area contributed by atoms with E-state index in [4.69, 9.17) is 4.74 Å². The van der Waals surface area contributed by atoms with Crippen LogP contribution in [0.2, 0.25) is 0 Å². The van der Waals surface area contributed by atoms with Crippen molar-refractivity contribution in [2.24, 2.45) is 0 Å². The minimum absolute atomic E-state index is 0.997. The zero-order chi connectivity index (χ0) is 7.56. The molecule has 1 N–H and O–H groups in total. The van der Waals surface area contributed by atoms with E-state index in [9.17, 15) is 0 Å². The quantitative estimate of drug-likeness (QED) is 0.665. The lowest BCUT2D eigenvalue weighted by Gasteiger charge is -1.99. The van der Waals surface area contributed by atoms with Gasteiger partial charge in [-0.1, -0.05) is 6.92 Å². The summed E-state index contributed by atoms with van der Waals surface area (Å²) in [6.07, 6.45) is 2.97. The van der Waals surface area contributed by atoms with E-state index in [1.165, 1.54) is 11.3 Å². The second-order valence-corrected chi connectivity index (χ2v) is 2.34. The Kier molecular flexibility index (Phi) is 2.00. The average molecular weight is 139 g/mol. The number of aromatic nitrogens is 1. The number of hydrogen-bond donors (Lipinski definition) is 1. The Morgan fingerprint density at radius 3 is 2.70 bits per heavy atom. The Bertz CT molecular complexity index is 215. The number of aromatic amines is 1. The summed E-state index contributed by atoms with van der Waals surface area (Å²) in [5, 5.41) is 0. The zero-order valence-electron chi connectivity index (χ0n) is 6.69. The molecule has 0 atom stereocenters. The van der Waals surface area contributed by atoms with Crippen molar-refractivity contribution in [1.82, 2.24) is 4.98 Å². The minimum Gasteiger partial charge on any atom is -0.495 e. The van der Waals surface area contributed by atoms with E-state index in [0.29, 0.717) is 0 Å². The van der Waals surface area contributed by atoms with Crippen LogP contribution in [0.25, 0.3) is 0 Å². The smallest absolute Gasteiger partial charge is 0.142 e. The molecule has 0 saturated heterocycles. The third-order valence-corrected chi connectivity index (χ3v) is 1.65. The van der Waals surface area contributed by atoms with Gasteiger partial charge in [0, 0.05) is 11.8 Å². The number of nitrogens with one attached hydrogen (secondary N) is 1. The standard InChI is InChI=1S/C8H13NO/c1-4-7-8(10-3)6(2)5-9-7/h5,9H,4H2,1-3H3. The fourth-order valence-corrected chi connectivity index (χ4v) is 1.11. The first-order valence-electron chi connectivity index (χ1n) is 3.50. The number of ether oxygens (including phenoxy) is 1. The molecule has 0 bridgehead atoms. The normalized spacial score (nSPS) is 9.90. The average Bonchev–Trinajstić information content (AvgIpc) is 2.30. The summed E-state index contributed by atoms with van der Waals surface area (Å²) in [6, 6.07) is 0. The Morgan fingerprint density at radius 1 is 1.60 bits per heavy atom. The molecule has 1 rings (SSSR count). The number of hydrogen-bond acceptors (Lipinski definition) is 1. The summed E-state index contributed by atoms with van der Waals surface area (Å²) in [5.74, 6) is 1.00. The molecule has 1 aromatic heterocycles. The molecule has 56 valence electrons. The van der Waals surface area contributed by atoms with Crippen molar-refractivity contribution in [2.75, 3.05) is 7.11 Å². The molecule has 0 spiro atoms. The van der Waals surface area contributed by atoms with Crippen molar-refractivity contribution < 1.29 is 4.74 Å². The lowest BCUT2D eigenvalue weighted by Crippen LogP contribution is -1.87. The number of aryl methyl sites for hydroxylation is 2. The van der Waals surface area contributed by atoms with Crippen LogP contribution in [0, 0.1) is 6.92 Å². The van der Waals surface area contributed by atoms with E-state index in [2.05, 4.69) is 11.9 Å². The number of methoxy groups -OCH3 is 1. The van der Waals surface area contributed by atoms with Gasteiger partial charge in [0.2, 0.25) is 0 Å². The van der Waals surface area contributed by atoms with Crippen molar-refractivity contribution in [3.8, 4) is 5.75 Å². The zero-order valence-corrected chi connectivity index (χ0v) is 6.69. The highest BCUT2D eigenvalue weighted by Gasteiger charge is 2.04. The van der Waals surface area contributed by atoms with Crippen LogP contribution >= 0.6 is 0 Å². The molecule has 0 radical (unpaired) electrons. The highest BCUT2D eigenvalue weighted by atomic mass is 16.5. The number of rotatable bonds is 2. The van der Waals surface area contributed by atoms with Gasteiger partial charge in [-0.15, -0.1) is 0 Å². The van der Waals surface area contributed by atoms with Crippen LogP contribution < -0.4 is 4.74 Å². The molecular weight excluding hydrogens is 126 g/mol. The van der Waals surface area contributed by atoms with E-state index in [-0.39, 0.29) is 0 Å². The molecule has 1 aromatic rings. The summed E-state index contributed by atoms with van der Waals surface area (Å²) in [6.45, 7) is 4.14. The van der Waals surface area contributed by atoms with Crippen molar-refractivity contribution >= 4 is 0 Å². The summed E-state index contributed by atoms with van der Waals surface area (Å²) in [5.41, 5.74) is 2.36. The van der Waals surface area contributed by atoms with Crippen molar-refractivity contribution in [3.63, 3.8) is 0 Å². The van der Waals surface area contributed by atoms with Gasteiger partial charge in [0.25, 0.3) is 0 Å². The van der Waals surface area contributed by atoms with E-state index in [1.54, 1.807) is 7.11 Å². The van der Waals surface area contributed by atoms with E-state index < -0.39 is 0 Å². The van der Waals surface area contributed by atoms with Gasteiger partial charge in [0.15, 0.2) is 0 Å². The highest BCUT2D eigenvalue weighted by Crippen LogP contribution is 2.21. The Morgan fingerprint density at radius 2 is 2.30 bits per heavy atom. The summed E-state index contributed by atoms with van der Waals surface area (Å²) in [7, 11) is 1.70. The maximum atomic E-state index is 5.18. The van der Waals surface area contributed by atoms with Gasteiger partial charge >= 0.3 is 0 Å². The predicted molar refractivity (Wildman–Crippen MR) is 41.5 cm³/mol. The third kappa shape index (κ3) is 1.01. The van der Waals surface area contributed by atoms with E-state index in [0.717, 1.165) is 12.2 Å². The summed E-state index contributed by atoms with van der Waals surface area (Å²) >= 11 is 0. The number of H-pyrrole nitrogens is 1. The molecule has 0 aliphatic rings. The first-order valence-corrected chi connectivity index (χ1v) is 3.50. The van der Waals surface area contributed by atoms with Crippen LogP contribution in [0.4, 0.5) is 0 Å². The minimum atomic E-state index is 0.997. The van der Waals surface area contributed by atoms with Gasteiger partial charge in [-0.3, -0.25) is 0 Å². The first kappa shape index (κ1) is 7.19. The maximum Gasteiger partial charge on any atom is 0.142 e. The van der Waals surface area contributed by atoms with Crippen molar-refractivity contribution in [3.05, 3.63) is 17.5 Å². The van der Waals surface area contributed by atoms with Crippen LogP contribution in [-0.4, -0.2) is 12.1 Å². The molecule has 0 aromatic carbocycles. The van der Waals surface area contributed by atoms with Crippen LogP contribution in [0.1, 0.15) is 18.2 Å². The van der Waals surface area contributed by atoms with Gasteiger partial charge < -0.3 is 9.72 Å². The molecule has 2 heteroatoms. The summed E-state index contributed by atoms with van der Waals surface area (Å²) < 4.78 is 5.18. The first-order chi connectivity index (χ1) is 4.79. The largest absolute Gasteiger partial charge is 0.495 e. The Balaban J connectivity index is 3.01. The molecular formula is C8H13NO. The molecule has 0 aliphatic carbocycles. The van der Waals surface area contributed by atoms with Crippen LogP contribution in [0.15, 0.2) is 6.20 Å². The molecule has 0 amide bonds. The van der Waals surface area contributed by atoms with Gasteiger partial charge in [0.05, 0.1) is 12.8 Å². The predicted octanol–water partition coefficient (Wildman–Crippen LogP) is 1.89. The maximum absolute atomic E-state index is 5.18. The monoisotopic (exact) mass is 139 g/mol. The van der Waals surface area contributed by atoms with Gasteiger partial charge in [-0.2, -0.15) is 0 Å². The van der Waals surface area contributed by atoms with Crippen LogP contribution in [-0.2, 0) is 6.42 Å². The van der Waals surface area contributed by atoms with Crippen molar-refractivity contribution in [1.29, 1.82) is 0 Å². The molecule has 0 unspecified atom stereocenters. The fraction of sp³-hybridized carbons (Fsp3) is 0.500. The fourth-order valence-electron chi connectivity index (χ4n) is 1.11. The Labute approximate surface area is 61.2 Å². The van der Waals surface area contributed by atoms with Gasteiger partial charge in [0.1, 0.15) is 5.75 Å². The van der Waals surface area contributed by atoms with E-state index >= 15 is 0 Å². The van der Waals surface area contributed by atoms with Gasteiger partial charge in [-0.25, -0.2) is 0 Å². The van der Waals surface area contributed by atoms with E-state index in [1.807, 2.05) is 13.1 Å². The highest BCUT2D eigenvalue weighted by molar-refractivity contribution is 5.36. The second kappa shape index (κ2) is 2.78. The van der Waals surface area contributed by atoms with Gasteiger partial charge in [-0.05, 0) is 13.3 Å². The van der Waals surface area contributed by atoms with Crippen LogP contribution in [0.3, 0.4) is 0 Å². The molecule has 0 saturated carbocycles. The topological polar surface area (TPSA) is 25.0 Å². The third-order valence-electron chi connectivity index (χ3n) is 1.65. The van der Waals surface area contributed by atoms with Crippen LogP contribution in [0.5, 0.6) is 5.75 Å². The lowest BCUT2D eigenvalue weighted by molar-refractivity contribution is 0.408. The second-order valence-electron chi connectivity index (χ2n) is 2.34. The molecule has 10 heavy (non-hydrogen) atoms. The SMILES string of the molecule is CCc1[nH]cc(C)c1OC. The summed E-state index contributed by atoms with van der Waals surface area (Å²) in [4.78, 5) is 3.15. The lowest BCUT2D eigenvalue weighted by atomic mass is 10.2. The molecule has 1 heterocycles. The van der Waals surface area contributed by atoms with Crippen molar-refractivity contribution in [2.45, 2.75) is 20.3 Å².